The maximum absolute atomic E-state index is 11.7. The Balaban J connectivity index is 3.89. The lowest BCUT2D eigenvalue weighted by Crippen LogP contribution is -2.35. The standard InChI is InChI=1S/C9H15F3N2O3/c1-13-4-3-5-14(2)7(15)6-17-8(16)9(10,11)12/h13H,3-6H2,1-2H3. The molecule has 8 heteroatoms. The molecule has 1 amide bonds. The lowest BCUT2D eigenvalue weighted by molar-refractivity contribution is -0.200. The highest BCUT2D eigenvalue weighted by atomic mass is 19.4. The Bertz CT molecular complexity index is 269. The zero-order valence-corrected chi connectivity index (χ0v) is 9.63. The largest absolute Gasteiger partial charge is 0.490 e. The molecule has 0 aromatic rings. The molecular formula is C9H15F3N2O3. The summed E-state index contributed by atoms with van der Waals surface area (Å²) in [4.78, 5) is 22.8. The summed E-state index contributed by atoms with van der Waals surface area (Å²) >= 11 is 0. The molecular weight excluding hydrogens is 241 g/mol. The van der Waals surface area contributed by atoms with Crippen molar-refractivity contribution in [2.24, 2.45) is 0 Å². The summed E-state index contributed by atoms with van der Waals surface area (Å²) in [6.07, 6.45) is -4.41. The molecule has 0 heterocycles. The minimum atomic E-state index is -5.06. The summed E-state index contributed by atoms with van der Waals surface area (Å²) in [7, 11) is 3.17. The molecule has 0 aromatic heterocycles. The number of rotatable bonds is 6. The van der Waals surface area contributed by atoms with Crippen LogP contribution >= 0.6 is 0 Å². The number of halogens is 3. The van der Waals surface area contributed by atoms with E-state index in [0.717, 1.165) is 0 Å². The summed E-state index contributed by atoms with van der Waals surface area (Å²) < 4.78 is 39.0. The summed E-state index contributed by atoms with van der Waals surface area (Å²) in [6.45, 7) is 0.164. The third-order valence-corrected chi connectivity index (χ3v) is 1.90. The van der Waals surface area contributed by atoms with Crippen LogP contribution in [0.15, 0.2) is 0 Å². The number of amides is 1. The predicted molar refractivity (Wildman–Crippen MR) is 53.2 cm³/mol. The fraction of sp³-hybridized carbons (Fsp3) is 0.778. The molecule has 0 aromatic carbocycles. The molecule has 0 radical (unpaired) electrons. The first-order chi connectivity index (χ1) is 7.79. The minimum Gasteiger partial charge on any atom is -0.449 e. The Morgan fingerprint density at radius 2 is 1.94 bits per heavy atom. The third kappa shape index (κ3) is 6.77. The maximum Gasteiger partial charge on any atom is 0.490 e. The second-order valence-corrected chi connectivity index (χ2v) is 3.35. The van der Waals surface area contributed by atoms with Crippen LogP contribution in [0.1, 0.15) is 6.42 Å². The van der Waals surface area contributed by atoms with Gasteiger partial charge in [0.15, 0.2) is 6.61 Å². The molecule has 0 rings (SSSR count). The lowest BCUT2D eigenvalue weighted by atomic mass is 10.4. The van der Waals surface area contributed by atoms with Crippen LogP contribution in [0.2, 0.25) is 0 Å². The maximum atomic E-state index is 11.7. The first-order valence-electron chi connectivity index (χ1n) is 4.91. The number of nitrogens with zero attached hydrogens (tertiary/aromatic N) is 1. The highest BCUT2D eigenvalue weighted by molar-refractivity contribution is 5.82. The van der Waals surface area contributed by atoms with Gasteiger partial charge in [-0.1, -0.05) is 0 Å². The number of likely N-dealkylation sites (N-methyl/N-ethyl adjacent to an activating group) is 1. The highest BCUT2D eigenvalue weighted by Gasteiger charge is 2.41. The fourth-order valence-electron chi connectivity index (χ4n) is 0.937. The van der Waals surface area contributed by atoms with Crippen molar-refractivity contribution in [3.63, 3.8) is 0 Å². The van der Waals surface area contributed by atoms with E-state index in [9.17, 15) is 22.8 Å². The van der Waals surface area contributed by atoms with Gasteiger partial charge in [0.2, 0.25) is 0 Å². The van der Waals surface area contributed by atoms with Gasteiger partial charge in [-0.05, 0) is 20.0 Å². The number of alkyl halides is 3. The van der Waals surface area contributed by atoms with Gasteiger partial charge >= 0.3 is 12.1 Å². The zero-order chi connectivity index (χ0) is 13.5. The summed E-state index contributed by atoms with van der Waals surface area (Å²) in [5.74, 6) is -3.02. The van der Waals surface area contributed by atoms with Gasteiger partial charge in [-0.15, -0.1) is 0 Å². The van der Waals surface area contributed by atoms with Crippen molar-refractivity contribution >= 4 is 11.9 Å². The minimum absolute atomic E-state index is 0.378. The second-order valence-electron chi connectivity index (χ2n) is 3.35. The molecule has 0 aliphatic carbocycles. The number of carbonyl (C=O) groups excluding carboxylic acids is 2. The van der Waals surface area contributed by atoms with Gasteiger partial charge < -0.3 is 15.0 Å². The van der Waals surface area contributed by atoms with Crippen LogP contribution in [-0.4, -0.2) is 56.7 Å². The molecule has 0 spiro atoms. The first kappa shape index (κ1) is 15.7. The van der Waals surface area contributed by atoms with Gasteiger partial charge in [-0.3, -0.25) is 4.79 Å². The average Bonchev–Trinajstić information content (AvgIpc) is 2.24. The van der Waals surface area contributed by atoms with E-state index in [2.05, 4.69) is 10.1 Å². The van der Waals surface area contributed by atoms with Crippen LogP contribution in [0.5, 0.6) is 0 Å². The Hall–Kier alpha value is -1.31. The van der Waals surface area contributed by atoms with Crippen LogP contribution in [0.4, 0.5) is 13.2 Å². The molecule has 0 fully saturated rings. The number of nitrogens with one attached hydrogen (secondary N) is 1. The second kappa shape index (κ2) is 7.10. The van der Waals surface area contributed by atoms with E-state index in [1.165, 1.54) is 11.9 Å². The van der Waals surface area contributed by atoms with E-state index < -0.39 is 24.7 Å². The van der Waals surface area contributed by atoms with Gasteiger partial charge in [0.25, 0.3) is 5.91 Å². The Morgan fingerprint density at radius 3 is 2.41 bits per heavy atom. The number of esters is 1. The number of carbonyl (C=O) groups is 2. The molecule has 0 saturated heterocycles. The van der Waals surface area contributed by atoms with Crippen molar-refractivity contribution in [1.82, 2.24) is 10.2 Å². The SMILES string of the molecule is CNCCCN(C)C(=O)COC(=O)C(F)(F)F. The summed E-state index contributed by atoms with van der Waals surface area (Å²) in [5, 5.41) is 2.86. The van der Waals surface area contributed by atoms with E-state index in [1.54, 1.807) is 7.05 Å². The molecule has 0 aliphatic heterocycles. The van der Waals surface area contributed by atoms with Gasteiger partial charge in [-0.2, -0.15) is 13.2 Å². The quantitative estimate of drug-likeness (QED) is 0.543. The molecule has 0 bridgehead atoms. The topological polar surface area (TPSA) is 58.6 Å². The molecule has 17 heavy (non-hydrogen) atoms. The lowest BCUT2D eigenvalue weighted by Gasteiger charge is -2.17. The molecule has 100 valence electrons. The zero-order valence-electron chi connectivity index (χ0n) is 9.63. The Morgan fingerprint density at radius 1 is 1.35 bits per heavy atom. The van der Waals surface area contributed by atoms with Crippen molar-refractivity contribution in [3.05, 3.63) is 0 Å². The van der Waals surface area contributed by atoms with Gasteiger partial charge in [0.1, 0.15) is 0 Å². The highest BCUT2D eigenvalue weighted by Crippen LogP contribution is 2.16. The van der Waals surface area contributed by atoms with Crippen molar-refractivity contribution in [1.29, 1.82) is 0 Å². The van der Waals surface area contributed by atoms with Crippen LogP contribution in [-0.2, 0) is 14.3 Å². The summed E-state index contributed by atoms with van der Waals surface area (Å²) in [5.41, 5.74) is 0. The van der Waals surface area contributed by atoms with Crippen LogP contribution in [0, 0.1) is 0 Å². The van der Waals surface area contributed by atoms with Crippen molar-refractivity contribution < 1.29 is 27.5 Å². The third-order valence-electron chi connectivity index (χ3n) is 1.90. The van der Waals surface area contributed by atoms with Crippen molar-refractivity contribution in [3.8, 4) is 0 Å². The molecule has 0 aliphatic rings. The predicted octanol–water partition coefficient (Wildman–Crippen LogP) is 0.160. The Labute approximate surface area is 96.9 Å². The summed E-state index contributed by atoms with van der Waals surface area (Å²) in [6, 6.07) is 0. The number of hydrogen-bond acceptors (Lipinski definition) is 4. The van der Waals surface area contributed by atoms with E-state index in [4.69, 9.17) is 0 Å². The smallest absolute Gasteiger partial charge is 0.449 e. The molecule has 0 unspecified atom stereocenters. The van der Waals surface area contributed by atoms with Crippen LogP contribution in [0.3, 0.4) is 0 Å². The Kier molecular flexibility index (Phi) is 6.55. The van der Waals surface area contributed by atoms with E-state index >= 15 is 0 Å². The van der Waals surface area contributed by atoms with Gasteiger partial charge in [0.05, 0.1) is 0 Å². The number of hydrogen-bond donors (Lipinski definition) is 1. The molecule has 0 atom stereocenters. The average molecular weight is 256 g/mol. The monoisotopic (exact) mass is 256 g/mol. The van der Waals surface area contributed by atoms with Crippen molar-refractivity contribution in [2.75, 3.05) is 33.8 Å². The van der Waals surface area contributed by atoms with E-state index in [1.807, 2.05) is 0 Å². The molecule has 1 N–H and O–H groups in total. The van der Waals surface area contributed by atoms with E-state index in [-0.39, 0.29) is 0 Å². The van der Waals surface area contributed by atoms with Crippen LogP contribution in [0.25, 0.3) is 0 Å². The fourth-order valence-corrected chi connectivity index (χ4v) is 0.937. The molecule has 5 nitrogen and oxygen atoms in total. The number of ether oxygens (including phenoxy) is 1. The normalized spacial score (nSPS) is 11.1. The molecule has 0 saturated carbocycles. The van der Waals surface area contributed by atoms with Gasteiger partial charge in [-0.25, -0.2) is 4.79 Å². The first-order valence-corrected chi connectivity index (χ1v) is 4.91. The van der Waals surface area contributed by atoms with Gasteiger partial charge in [0, 0.05) is 13.6 Å². The van der Waals surface area contributed by atoms with E-state index in [0.29, 0.717) is 19.5 Å². The van der Waals surface area contributed by atoms with Crippen LogP contribution < -0.4 is 5.32 Å². The van der Waals surface area contributed by atoms with Crippen molar-refractivity contribution in [2.45, 2.75) is 12.6 Å².